The molecule has 1 N–H and O–H groups in total. The number of nitrogens with zero attached hydrogens (tertiary/aromatic N) is 4. The molecule has 278 valence electrons. The van der Waals surface area contributed by atoms with E-state index in [2.05, 4.69) is 5.32 Å². The van der Waals surface area contributed by atoms with Gasteiger partial charge in [-0.15, -0.1) is 0 Å². The SMILES string of the molecule is CCN(CC)C(=O)C(c1ccccc1F)N1CCN(C(=O)[C@@H](Cc2ccc(Cl)cc2)NC(=O)[C@H]2Cc3ccccc3CN2C(=O)OC(C)(C)C)CC1. The van der Waals surface area contributed by atoms with Crippen LogP contribution >= 0.6 is 11.6 Å². The third kappa shape index (κ3) is 9.30. The van der Waals surface area contributed by atoms with Crippen LogP contribution in [0.15, 0.2) is 72.8 Å². The maximum Gasteiger partial charge on any atom is 0.411 e. The van der Waals surface area contributed by atoms with Gasteiger partial charge in [0.1, 0.15) is 29.5 Å². The number of hydrogen-bond donors (Lipinski definition) is 1. The standard InChI is InChI=1S/C40H49ClFN5O5/c1-6-44(7-2)38(50)35(31-14-10-11-15-32(31)42)45-20-22-46(23-21-45)37(49)33(24-27-16-18-30(41)19-17-27)43-36(48)34-25-28-12-8-9-13-29(28)26-47(34)39(51)52-40(3,4)5/h8-19,33-35H,6-7,20-26H2,1-5H3,(H,43,48)/t33-,34-,35?/m1/s1. The molecule has 4 amide bonds. The van der Waals surface area contributed by atoms with Gasteiger partial charge >= 0.3 is 6.09 Å². The minimum atomic E-state index is -0.961. The maximum absolute atomic E-state index is 15.1. The second-order valence-electron chi connectivity index (χ2n) is 14.3. The Labute approximate surface area is 310 Å². The largest absolute Gasteiger partial charge is 0.444 e. The topological polar surface area (TPSA) is 103 Å². The summed E-state index contributed by atoms with van der Waals surface area (Å²) in [6, 6.07) is 18.4. The minimum absolute atomic E-state index is 0.189. The molecule has 0 aromatic heterocycles. The van der Waals surface area contributed by atoms with Crippen LogP contribution in [0.1, 0.15) is 62.9 Å². The first-order valence-corrected chi connectivity index (χ1v) is 18.3. The molecule has 3 atom stereocenters. The number of carbonyl (C=O) groups excluding carboxylic acids is 4. The predicted octanol–water partition coefficient (Wildman–Crippen LogP) is 5.62. The summed E-state index contributed by atoms with van der Waals surface area (Å²) in [6.07, 6.45) is -0.155. The van der Waals surface area contributed by atoms with Gasteiger partial charge in [0.15, 0.2) is 0 Å². The van der Waals surface area contributed by atoms with Gasteiger partial charge in [-0.1, -0.05) is 66.2 Å². The number of amides is 4. The molecule has 0 aliphatic carbocycles. The monoisotopic (exact) mass is 733 g/mol. The summed E-state index contributed by atoms with van der Waals surface area (Å²) >= 11 is 6.16. The molecule has 1 fully saturated rings. The van der Waals surface area contributed by atoms with Gasteiger partial charge < -0.3 is 19.9 Å². The number of carbonyl (C=O) groups is 4. The van der Waals surface area contributed by atoms with Crippen LogP contribution in [0.5, 0.6) is 0 Å². The molecule has 2 heterocycles. The number of fused-ring (bicyclic) bond motifs is 1. The van der Waals surface area contributed by atoms with Crippen molar-refractivity contribution < 1.29 is 28.3 Å². The highest BCUT2D eigenvalue weighted by molar-refractivity contribution is 6.30. The fourth-order valence-corrected chi connectivity index (χ4v) is 7.03. The van der Waals surface area contributed by atoms with E-state index in [0.717, 1.165) is 16.7 Å². The van der Waals surface area contributed by atoms with E-state index in [4.69, 9.17) is 16.3 Å². The zero-order valence-electron chi connectivity index (χ0n) is 30.6. The van der Waals surface area contributed by atoms with E-state index in [9.17, 15) is 19.2 Å². The van der Waals surface area contributed by atoms with Gasteiger partial charge in [0.05, 0.1) is 6.54 Å². The molecule has 2 aliphatic rings. The third-order valence-electron chi connectivity index (χ3n) is 9.65. The van der Waals surface area contributed by atoms with Crippen molar-refractivity contribution in [3.8, 4) is 0 Å². The molecular formula is C40H49ClFN5O5. The lowest BCUT2D eigenvalue weighted by molar-refractivity contribution is -0.142. The highest BCUT2D eigenvalue weighted by atomic mass is 35.5. The molecule has 3 aromatic carbocycles. The molecule has 10 nitrogen and oxygen atoms in total. The Hall–Kier alpha value is -4.48. The van der Waals surface area contributed by atoms with Crippen LogP contribution in [0.25, 0.3) is 0 Å². The summed E-state index contributed by atoms with van der Waals surface area (Å²) in [5, 5.41) is 3.55. The second-order valence-corrected chi connectivity index (χ2v) is 14.7. The number of nitrogens with one attached hydrogen (secondary N) is 1. The van der Waals surface area contributed by atoms with E-state index in [1.165, 1.54) is 11.0 Å². The van der Waals surface area contributed by atoms with Gasteiger partial charge in [0.2, 0.25) is 17.7 Å². The predicted molar refractivity (Wildman–Crippen MR) is 198 cm³/mol. The summed E-state index contributed by atoms with van der Waals surface area (Å²) in [4.78, 5) is 62.5. The quantitative estimate of drug-likeness (QED) is 0.290. The average Bonchev–Trinajstić information content (AvgIpc) is 3.12. The van der Waals surface area contributed by atoms with Crippen LogP contribution in [0.4, 0.5) is 9.18 Å². The van der Waals surface area contributed by atoms with Crippen LogP contribution in [0.2, 0.25) is 5.02 Å². The first kappa shape index (κ1) is 38.7. The van der Waals surface area contributed by atoms with Crippen molar-refractivity contribution in [1.29, 1.82) is 0 Å². The van der Waals surface area contributed by atoms with E-state index in [0.29, 0.717) is 36.8 Å². The van der Waals surface area contributed by atoms with Crippen molar-refractivity contribution in [2.45, 2.75) is 77.7 Å². The Balaban J connectivity index is 1.38. The zero-order chi connectivity index (χ0) is 37.6. The molecule has 1 unspecified atom stereocenters. The van der Waals surface area contributed by atoms with Crippen molar-refractivity contribution in [2.75, 3.05) is 39.3 Å². The van der Waals surface area contributed by atoms with Crippen molar-refractivity contribution in [1.82, 2.24) is 24.9 Å². The molecule has 2 aliphatic heterocycles. The lowest BCUT2D eigenvalue weighted by atomic mass is 9.93. The van der Waals surface area contributed by atoms with Crippen LogP contribution in [0, 0.1) is 5.82 Å². The highest BCUT2D eigenvalue weighted by Crippen LogP contribution is 2.29. The molecule has 1 saturated heterocycles. The van der Waals surface area contributed by atoms with Crippen LogP contribution in [-0.4, -0.2) is 100 Å². The fourth-order valence-electron chi connectivity index (χ4n) is 6.91. The van der Waals surface area contributed by atoms with Gasteiger partial charge in [-0.05, 0) is 69.5 Å². The summed E-state index contributed by atoms with van der Waals surface area (Å²) in [7, 11) is 0. The molecule has 12 heteroatoms. The molecule has 0 spiro atoms. The lowest BCUT2D eigenvalue weighted by Crippen LogP contribution is -2.60. The number of rotatable bonds is 10. The number of ether oxygens (including phenoxy) is 1. The Morgan fingerprint density at radius 2 is 1.52 bits per heavy atom. The van der Waals surface area contributed by atoms with Crippen LogP contribution in [0.3, 0.4) is 0 Å². The van der Waals surface area contributed by atoms with Crippen molar-refractivity contribution in [3.05, 3.63) is 106 Å². The van der Waals surface area contributed by atoms with Gasteiger partial charge in [-0.25, -0.2) is 9.18 Å². The first-order valence-electron chi connectivity index (χ1n) is 18.0. The smallest absolute Gasteiger partial charge is 0.411 e. The van der Waals surface area contributed by atoms with E-state index in [1.807, 2.05) is 55.1 Å². The van der Waals surface area contributed by atoms with E-state index in [-0.39, 0.29) is 44.3 Å². The molecule has 0 radical (unpaired) electrons. The summed E-state index contributed by atoms with van der Waals surface area (Å²) in [5.41, 5.74) is 2.20. The highest BCUT2D eigenvalue weighted by Gasteiger charge is 2.40. The van der Waals surface area contributed by atoms with E-state index in [1.54, 1.807) is 60.9 Å². The maximum atomic E-state index is 15.1. The average molecular weight is 734 g/mol. The third-order valence-corrected chi connectivity index (χ3v) is 9.90. The van der Waals surface area contributed by atoms with E-state index < -0.39 is 41.5 Å². The van der Waals surface area contributed by atoms with Crippen molar-refractivity contribution in [3.63, 3.8) is 0 Å². The lowest BCUT2D eigenvalue weighted by Gasteiger charge is -2.41. The molecule has 0 bridgehead atoms. The number of halogens is 2. The normalized spacial score (nSPS) is 17.5. The number of hydrogen-bond acceptors (Lipinski definition) is 6. The van der Waals surface area contributed by atoms with Crippen molar-refractivity contribution >= 4 is 35.4 Å². The number of benzene rings is 3. The molecule has 3 aromatic rings. The van der Waals surface area contributed by atoms with Crippen molar-refractivity contribution in [2.24, 2.45) is 0 Å². The molecule has 5 rings (SSSR count). The fraction of sp³-hybridized carbons (Fsp3) is 0.450. The summed E-state index contributed by atoms with van der Waals surface area (Å²) in [6.45, 7) is 11.5. The number of piperazine rings is 1. The Kier molecular flexibility index (Phi) is 12.6. The minimum Gasteiger partial charge on any atom is -0.444 e. The van der Waals surface area contributed by atoms with Crippen LogP contribution in [-0.2, 0) is 38.5 Å². The van der Waals surface area contributed by atoms with Crippen LogP contribution < -0.4 is 5.32 Å². The van der Waals surface area contributed by atoms with E-state index >= 15 is 4.39 Å². The summed E-state index contributed by atoms with van der Waals surface area (Å²) in [5.74, 6) is -1.40. The molecule has 52 heavy (non-hydrogen) atoms. The number of likely N-dealkylation sites (N-methyl/N-ethyl adjacent to an activating group) is 1. The Morgan fingerprint density at radius 3 is 2.13 bits per heavy atom. The summed E-state index contributed by atoms with van der Waals surface area (Å²) < 4.78 is 20.8. The van der Waals surface area contributed by atoms with Gasteiger partial charge in [0, 0.05) is 62.7 Å². The van der Waals surface area contributed by atoms with Gasteiger partial charge in [-0.2, -0.15) is 0 Å². The molecular weight excluding hydrogens is 685 g/mol. The van der Waals surface area contributed by atoms with Gasteiger partial charge in [0.25, 0.3) is 0 Å². The first-order chi connectivity index (χ1) is 24.8. The Bertz CT molecular complexity index is 1740. The molecule has 0 saturated carbocycles. The Morgan fingerprint density at radius 1 is 0.904 bits per heavy atom. The van der Waals surface area contributed by atoms with Gasteiger partial charge in [-0.3, -0.25) is 24.2 Å². The second kappa shape index (κ2) is 16.9. The zero-order valence-corrected chi connectivity index (χ0v) is 31.4.